The first-order valence-corrected chi connectivity index (χ1v) is 11.2. The van der Waals surface area contributed by atoms with E-state index in [1.165, 1.54) is 6.20 Å². The normalized spacial score (nSPS) is 31.0. The van der Waals surface area contributed by atoms with E-state index in [2.05, 4.69) is 20.9 Å². The Morgan fingerprint density at radius 1 is 1.16 bits per heavy atom. The van der Waals surface area contributed by atoms with Crippen LogP contribution in [0.5, 0.6) is 5.75 Å². The summed E-state index contributed by atoms with van der Waals surface area (Å²) in [6.45, 7) is 0. The lowest BCUT2D eigenvalue weighted by Gasteiger charge is -2.40. The Labute approximate surface area is 198 Å². The molecule has 0 bridgehead atoms. The molecule has 1 saturated carbocycles. The van der Waals surface area contributed by atoms with Gasteiger partial charge in [0.05, 0.1) is 10.0 Å². The predicted molar refractivity (Wildman–Crippen MR) is 125 cm³/mol. The molecule has 8 heteroatoms. The topological polar surface area (TPSA) is 88.6 Å². The highest BCUT2D eigenvalue weighted by molar-refractivity contribution is 9.10. The number of thiocarbonyl (C=S) groups is 1. The van der Waals surface area contributed by atoms with Crippen molar-refractivity contribution in [3.05, 3.63) is 93.2 Å². The zero-order valence-corrected chi connectivity index (χ0v) is 19.2. The Hall–Kier alpha value is -2.03. The molecular formula is C23H18BrClN2O3S. The van der Waals surface area contributed by atoms with Crippen molar-refractivity contribution in [2.45, 2.75) is 23.2 Å². The molecule has 1 fully saturated rings. The number of nitrogens with zero attached hydrogens (tertiary/aromatic N) is 1. The van der Waals surface area contributed by atoms with Gasteiger partial charge in [-0.1, -0.05) is 82.2 Å². The van der Waals surface area contributed by atoms with Crippen LogP contribution in [0.15, 0.2) is 71.3 Å². The van der Waals surface area contributed by atoms with Gasteiger partial charge in [-0.3, -0.25) is 4.98 Å². The first kappa shape index (κ1) is 20.8. The number of pyridine rings is 1. The number of aromatic nitrogens is 1. The molecule has 3 aromatic rings. The average Bonchev–Trinajstić information content (AvgIpc) is 3.12. The third-order valence-electron chi connectivity index (χ3n) is 6.34. The van der Waals surface area contributed by atoms with Crippen LogP contribution in [-0.4, -0.2) is 26.3 Å². The Morgan fingerprint density at radius 3 is 2.48 bits per heavy atom. The van der Waals surface area contributed by atoms with Crippen LogP contribution in [0.1, 0.15) is 22.7 Å². The maximum absolute atomic E-state index is 12.3. The summed E-state index contributed by atoms with van der Waals surface area (Å²) in [6.07, 6.45) is 0.0753. The van der Waals surface area contributed by atoms with Crippen LogP contribution in [0, 0.1) is 5.92 Å². The molecule has 5 rings (SSSR count). The first-order chi connectivity index (χ1) is 14.8. The summed E-state index contributed by atoms with van der Waals surface area (Å²) in [7, 11) is 0. The molecule has 5 nitrogen and oxygen atoms in total. The van der Waals surface area contributed by atoms with Crippen molar-refractivity contribution in [1.29, 1.82) is 0 Å². The third-order valence-corrected chi connectivity index (χ3v) is 7.35. The Kier molecular flexibility index (Phi) is 4.88. The van der Waals surface area contributed by atoms with Crippen LogP contribution in [0.2, 0.25) is 5.02 Å². The minimum absolute atomic E-state index is 0.0970. The molecule has 2 aliphatic rings. The third kappa shape index (κ3) is 2.74. The van der Waals surface area contributed by atoms with Crippen LogP contribution in [-0.2, 0) is 11.2 Å². The second-order valence-electron chi connectivity index (χ2n) is 7.87. The lowest BCUT2D eigenvalue weighted by molar-refractivity contribution is -0.152. The van der Waals surface area contributed by atoms with Crippen LogP contribution in [0.4, 0.5) is 0 Å². The second kappa shape index (κ2) is 7.25. The van der Waals surface area contributed by atoms with E-state index >= 15 is 0 Å². The van der Waals surface area contributed by atoms with E-state index in [9.17, 15) is 10.2 Å². The number of fused-ring (bicyclic) bond motifs is 3. The van der Waals surface area contributed by atoms with Gasteiger partial charge in [0.15, 0.2) is 11.2 Å². The molecule has 31 heavy (non-hydrogen) atoms. The summed E-state index contributed by atoms with van der Waals surface area (Å²) < 4.78 is 7.43. The number of hydrogen-bond donors (Lipinski definition) is 3. The molecule has 2 heterocycles. The Balaban J connectivity index is 1.87. The van der Waals surface area contributed by atoms with E-state index in [1.807, 2.05) is 54.6 Å². The van der Waals surface area contributed by atoms with Crippen LogP contribution in [0.25, 0.3) is 0 Å². The molecular weight excluding hydrogens is 500 g/mol. The van der Waals surface area contributed by atoms with E-state index in [0.717, 1.165) is 10.0 Å². The van der Waals surface area contributed by atoms with Gasteiger partial charge in [0.25, 0.3) is 0 Å². The summed E-state index contributed by atoms with van der Waals surface area (Å²) in [5.74, 6) is -1.02. The summed E-state index contributed by atoms with van der Waals surface area (Å²) in [4.78, 5) is 4.47. The fourth-order valence-electron chi connectivity index (χ4n) is 5.15. The molecule has 0 spiro atoms. The summed E-state index contributed by atoms with van der Waals surface area (Å²) in [5.41, 5.74) is 4.51. The molecule has 5 atom stereocenters. The van der Waals surface area contributed by atoms with Gasteiger partial charge in [0, 0.05) is 28.6 Å². The highest BCUT2D eigenvalue weighted by atomic mass is 79.9. The van der Waals surface area contributed by atoms with Gasteiger partial charge in [-0.15, -0.1) is 0 Å². The van der Waals surface area contributed by atoms with E-state index < -0.39 is 29.1 Å². The number of hydrogen-bond acceptors (Lipinski definition) is 5. The standard InChI is InChI=1S/C23H18BrClN2O3S/c24-14-8-6-13(7-9-14)23-18(12-4-2-1-3-5-12)17(21(26)31)20(28)22(23,29)19-16(30-23)10-15(25)11-27-19/h1-11,17-18,20,28-29H,(H2,26,31)/t17-,18-,20-,22?,23+/m1/s1. The molecule has 4 N–H and O–H groups in total. The highest BCUT2D eigenvalue weighted by Crippen LogP contribution is 2.68. The smallest absolute Gasteiger partial charge is 0.181 e. The monoisotopic (exact) mass is 516 g/mol. The van der Waals surface area contributed by atoms with Gasteiger partial charge in [0.2, 0.25) is 0 Å². The van der Waals surface area contributed by atoms with Crippen LogP contribution in [0.3, 0.4) is 0 Å². The SMILES string of the molecule is NC(=S)[C@H]1[C@@H](O)C2(O)c3ncc(Cl)cc3O[C@@]2(c2ccc(Br)cc2)[C@@H]1c1ccccc1. The largest absolute Gasteiger partial charge is 0.476 e. The molecule has 0 amide bonds. The van der Waals surface area contributed by atoms with E-state index in [-0.39, 0.29) is 10.7 Å². The molecule has 0 saturated heterocycles. The predicted octanol–water partition coefficient (Wildman–Crippen LogP) is 4.03. The van der Waals surface area contributed by atoms with E-state index in [0.29, 0.717) is 16.3 Å². The average molecular weight is 518 g/mol. The Morgan fingerprint density at radius 2 is 1.84 bits per heavy atom. The van der Waals surface area contributed by atoms with Gasteiger partial charge in [-0.2, -0.15) is 0 Å². The van der Waals surface area contributed by atoms with Crippen molar-refractivity contribution >= 4 is 44.7 Å². The Bertz CT molecular complexity index is 1180. The molecule has 1 unspecified atom stereocenters. The molecule has 1 aromatic heterocycles. The zero-order valence-electron chi connectivity index (χ0n) is 16.1. The number of rotatable bonds is 3. The van der Waals surface area contributed by atoms with Crippen molar-refractivity contribution in [2.75, 3.05) is 0 Å². The van der Waals surface area contributed by atoms with Gasteiger partial charge < -0.3 is 20.7 Å². The maximum atomic E-state index is 12.3. The zero-order chi connectivity index (χ0) is 22.0. The molecule has 1 aliphatic heterocycles. The van der Waals surface area contributed by atoms with Crippen molar-refractivity contribution in [2.24, 2.45) is 11.7 Å². The second-order valence-corrected chi connectivity index (χ2v) is 9.70. The first-order valence-electron chi connectivity index (χ1n) is 9.66. The summed E-state index contributed by atoms with van der Waals surface area (Å²) in [6, 6.07) is 18.5. The van der Waals surface area contributed by atoms with Crippen LogP contribution < -0.4 is 10.5 Å². The van der Waals surface area contributed by atoms with Gasteiger partial charge in [-0.25, -0.2) is 0 Å². The number of nitrogens with two attached hydrogens (primary N) is 1. The molecule has 1 aliphatic carbocycles. The summed E-state index contributed by atoms with van der Waals surface area (Å²) >= 11 is 15.0. The minimum Gasteiger partial charge on any atom is -0.476 e. The molecule has 0 radical (unpaired) electrons. The number of aliphatic hydroxyl groups is 2. The van der Waals surface area contributed by atoms with E-state index in [4.69, 9.17) is 34.3 Å². The number of halogens is 2. The summed E-state index contributed by atoms with van der Waals surface area (Å²) in [5, 5.41) is 24.2. The maximum Gasteiger partial charge on any atom is 0.181 e. The molecule has 2 aromatic carbocycles. The van der Waals surface area contributed by atoms with E-state index in [1.54, 1.807) is 6.07 Å². The number of ether oxygens (including phenoxy) is 1. The van der Waals surface area contributed by atoms with Crippen molar-refractivity contribution < 1.29 is 14.9 Å². The van der Waals surface area contributed by atoms with Crippen LogP contribution >= 0.6 is 39.7 Å². The minimum atomic E-state index is -1.91. The van der Waals surface area contributed by atoms with Gasteiger partial charge >= 0.3 is 0 Å². The lowest BCUT2D eigenvalue weighted by Crippen LogP contribution is -2.52. The quantitative estimate of drug-likeness (QED) is 0.455. The number of aliphatic hydroxyl groups excluding tert-OH is 1. The van der Waals surface area contributed by atoms with Gasteiger partial charge in [0.1, 0.15) is 17.5 Å². The fourth-order valence-corrected chi connectivity index (χ4v) is 5.82. The van der Waals surface area contributed by atoms with Crippen molar-refractivity contribution in [3.8, 4) is 5.75 Å². The fraction of sp³-hybridized carbons (Fsp3) is 0.217. The number of benzene rings is 2. The van der Waals surface area contributed by atoms with Crippen molar-refractivity contribution in [1.82, 2.24) is 4.98 Å². The lowest BCUT2D eigenvalue weighted by atomic mass is 9.71. The highest BCUT2D eigenvalue weighted by Gasteiger charge is 2.77. The van der Waals surface area contributed by atoms with Gasteiger partial charge in [-0.05, 0) is 23.3 Å². The van der Waals surface area contributed by atoms with Crippen molar-refractivity contribution in [3.63, 3.8) is 0 Å². The molecule has 158 valence electrons.